The number of esters is 1. The van der Waals surface area contributed by atoms with E-state index in [0.29, 0.717) is 17.3 Å². The average Bonchev–Trinajstić information content (AvgIpc) is 3.33. The van der Waals surface area contributed by atoms with Crippen LogP contribution in [0.25, 0.3) is 22.4 Å². The Balaban J connectivity index is 1.63. The molecule has 0 aliphatic heterocycles. The van der Waals surface area contributed by atoms with Crippen molar-refractivity contribution >= 4 is 49.7 Å². The fourth-order valence-corrected chi connectivity index (χ4v) is 4.63. The molecule has 4 rings (SSSR count). The van der Waals surface area contributed by atoms with Crippen LogP contribution in [0.1, 0.15) is 27.7 Å². The first-order valence-corrected chi connectivity index (χ1v) is 10.2. The summed E-state index contributed by atoms with van der Waals surface area (Å²) in [6.45, 7) is 6.08. The van der Waals surface area contributed by atoms with Crippen molar-refractivity contribution < 1.29 is 13.9 Å². The molecule has 0 radical (unpaired) electrons. The summed E-state index contributed by atoms with van der Waals surface area (Å²) in [7, 11) is 0. The molecule has 0 saturated carbocycles. The van der Waals surface area contributed by atoms with E-state index in [1.807, 2.05) is 49.6 Å². The maximum absolute atomic E-state index is 12.3. The number of benzene rings is 1. The van der Waals surface area contributed by atoms with E-state index in [2.05, 4.69) is 10.3 Å². The number of fused-ring (bicyclic) bond motifs is 1. The molecule has 0 amide bonds. The van der Waals surface area contributed by atoms with Gasteiger partial charge in [0.2, 0.25) is 0 Å². The smallest absolute Gasteiger partial charge is 0.341 e. The lowest BCUT2D eigenvalue weighted by Crippen LogP contribution is -2.07. The fourth-order valence-electron chi connectivity index (χ4n) is 2.81. The summed E-state index contributed by atoms with van der Waals surface area (Å²) < 4.78 is 11.1. The Morgan fingerprint density at radius 1 is 1.30 bits per heavy atom. The van der Waals surface area contributed by atoms with Crippen molar-refractivity contribution in [3.05, 3.63) is 51.7 Å². The summed E-state index contributed by atoms with van der Waals surface area (Å²) in [4.78, 5) is 18.0. The summed E-state index contributed by atoms with van der Waals surface area (Å²) >= 11 is 3.00. The number of aromatic nitrogens is 1. The third-order valence-corrected chi connectivity index (χ3v) is 6.15. The van der Waals surface area contributed by atoms with E-state index >= 15 is 0 Å². The third-order valence-electron chi connectivity index (χ3n) is 4.27. The number of thiazole rings is 1. The molecule has 27 heavy (non-hydrogen) atoms. The predicted molar refractivity (Wildman–Crippen MR) is 110 cm³/mol. The third kappa shape index (κ3) is 3.36. The summed E-state index contributed by atoms with van der Waals surface area (Å²) in [5.41, 5.74) is 3.13. The van der Waals surface area contributed by atoms with Crippen LogP contribution in [-0.4, -0.2) is 17.6 Å². The summed E-state index contributed by atoms with van der Waals surface area (Å²) in [6, 6.07) is 9.86. The van der Waals surface area contributed by atoms with Crippen LogP contribution in [0.3, 0.4) is 0 Å². The molecule has 138 valence electrons. The van der Waals surface area contributed by atoms with Crippen molar-refractivity contribution in [1.29, 1.82) is 0 Å². The van der Waals surface area contributed by atoms with E-state index in [-0.39, 0.29) is 5.97 Å². The van der Waals surface area contributed by atoms with Crippen LogP contribution < -0.4 is 5.32 Å². The molecule has 0 aliphatic rings. The van der Waals surface area contributed by atoms with E-state index in [4.69, 9.17) is 9.15 Å². The van der Waals surface area contributed by atoms with Crippen molar-refractivity contribution in [2.24, 2.45) is 0 Å². The van der Waals surface area contributed by atoms with Crippen LogP contribution >= 0.6 is 22.7 Å². The number of hydrogen-bond donors (Lipinski definition) is 1. The van der Waals surface area contributed by atoms with Crippen LogP contribution in [-0.2, 0) is 4.74 Å². The SMILES string of the molecule is CCOC(=O)c1c(Nc2nc(-c3cc4ccccc4o3)cs2)sc(C)c1C. The van der Waals surface area contributed by atoms with E-state index in [1.54, 1.807) is 6.92 Å². The van der Waals surface area contributed by atoms with Gasteiger partial charge in [-0.2, -0.15) is 0 Å². The minimum Gasteiger partial charge on any atom is -0.462 e. The zero-order chi connectivity index (χ0) is 19.0. The Kier molecular flexibility index (Phi) is 4.72. The van der Waals surface area contributed by atoms with Crippen molar-refractivity contribution in [2.45, 2.75) is 20.8 Å². The second-order valence-corrected chi connectivity index (χ2v) is 8.10. The lowest BCUT2D eigenvalue weighted by Gasteiger charge is -2.05. The summed E-state index contributed by atoms with van der Waals surface area (Å²) in [5, 5.41) is 7.73. The highest BCUT2D eigenvalue weighted by Crippen LogP contribution is 2.37. The summed E-state index contributed by atoms with van der Waals surface area (Å²) in [6.07, 6.45) is 0. The molecule has 4 aromatic rings. The number of para-hydroxylation sites is 1. The first-order valence-electron chi connectivity index (χ1n) is 8.55. The number of nitrogens with one attached hydrogen (secondary N) is 1. The number of rotatable bonds is 5. The monoisotopic (exact) mass is 398 g/mol. The largest absolute Gasteiger partial charge is 0.462 e. The van der Waals surface area contributed by atoms with Gasteiger partial charge in [-0.25, -0.2) is 9.78 Å². The lowest BCUT2D eigenvalue weighted by molar-refractivity contribution is 0.0527. The first kappa shape index (κ1) is 17.8. The number of thiophene rings is 1. The second kappa shape index (κ2) is 7.17. The van der Waals surface area contributed by atoms with Crippen molar-refractivity contribution in [3.63, 3.8) is 0 Å². The van der Waals surface area contributed by atoms with Crippen molar-refractivity contribution in [3.8, 4) is 11.5 Å². The Hall–Kier alpha value is -2.64. The van der Waals surface area contributed by atoms with Gasteiger partial charge in [0, 0.05) is 15.6 Å². The van der Waals surface area contributed by atoms with Crippen molar-refractivity contribution in [1.82, 2.24) is 4.98 Å². The van der Waals surface area contributed by atoms with Crippen LogP contribution in [0.5, 0.6) is 0 Å². The zero-order valence-corrected chi connectivity index (χ0v) is 16.8. The van der Waals surface area contributed by atoms with E-state index in [0.717, 1.165) is 37.9 Å². The minimum absolute atomic E-state index is 0.309. The lowest BCUT2D eigenvalue weighted by atomic mass is 10.1. The maximum Gasteiger partial charge on any atom is 0.341 e. The number of hydrogen-bond acceptors (Lipinski definition) is 7. The highest BCUT2D eigenvalue weighted by Gasteiger charge is 2.21. The van der Waals surface area contributed by atoms with Gasteiger partial charge in [-0.1, -0.05) is 18.2 Å². The maximum atomic E-state index is 12.3. The number of carbonyl (C=O) groups excluding carboxylic acids is 1. The molecule has 0 bridgehead atoms. The quantitative estimate of drug-likeness (QED) is 0.408. The highest BCUT2D eigenvalue weighted by molar-refractivity contribution is 7.18. The van der Waals surface area contributed by atoms with Gasteiger partial charge in [0.25, 0.3) is 0 Å². The van der Waals surface area contributed by atoms with Crippen molar-refractivity contribution in [2.75, 3.05) is 11.9 Å². The van der Waals surface area contributed by atoms with Gasteiger partial charge in [-0.15, -0.1) is 22.7 Å². The van der Waals surface area contributed by atoms with E-state index in [1.165, 1.54) is 22.7 Å². The van der Waals surface area contributed by atoms with Gasteiger partial charge in [0.05, 0.1) is 12.2 Å². The standard InChI is InChI=1S/C20H18N2O3S2/c1-4-24-19(23)17-11(2)12(3)27-18(17)22-20-21-14(10-26-20)16-9-13-7-5-6-8-15(13)25-16/h5-10H,4H2,1-3H3,(H,21,22). The van der Waals surface area contributed by atoms with Gasteiger partial charge >= 0.3 is 5.97 Å². The molecule has 0 aliphatic carbocycles. The Morgan fingerprint density at radius 3 is 2.89 bits per heavy atom. The molecule has 3 aromatic heterocycles. The zero-order valence-electron chi connectivity index (χ0n) is 15.2. The van der Waals surface area contributed by atoms with Gasteiger partial charge in [-0.3, -0.25) is 0 Å². The number of ether oxygens (including phenoxy) is 1. The number of aryl methyl sites for hydroxylation is 1. The molecule has 3 heterocycles. The highest BCUT2D eigenvalue weighted by atomic mass is 32.1. The molecule has 0 unspecified atom stereocenters. The predicted octanol–water partition coefficient (Wildman–Crippen LogP) is 6.15. The van der Waals surface area contributed by atoms with Crippen LogP contribution in [0.4, 0.5) is 10.1 Å². The molecule has 0 atom stereocenters. The van der Waals surface area contributed by atoms with Gasteiger partial charge < -0.3 is 14.5 Å². The summed E-state index contributed by atoms with van der Waals surface area (Å²) in [5.74, 6) is 0.417. The Morgan fingerprint density at radius 2 is 2.11 bits per heavy atom. The Bertz CT molecular complexity index is 1090. The van der Waals surface area contributed by atoms with E-state index in [9.17, 15) is 4.79 Å². The van der Waals surface area contributed by atoms with Crippen LogP contribution in [0.15, 0.2) is 40.1 Å². The molecule has 0 saturated heterocycles. The number of furan rings is 1. The molecule has 7 heteroatoms. The fraction of sp³-hybridized carbons (Fsp3) is 0.200. The van der Waals surface area contributed by atoms with E-state index < -0.39 is 0 Å². The number of anilines is 2. The normalized spacial score (nSPS) is 11.1. The number of carbonyl (C=O) groups is 1. The second-order valence-electron chi connectivity index (χ2n) is 6.02. The molecular formula is C20H18N2O3S2. The minimum atomic E-state index is -0.309. The Labute approximate surface area is 164 Å². The van der Waals surface area contributed by atoms with Gasteiger partial charge in [0.1, 0.15) is 16.3 Å². The molecule has 5 nitrogen and oxygen atoms in total. The van der Waals surface area contributed by atoms with Crippen LogP contribution in [0, 0.1) is 13.8 Å². The van der Waals surface area contributed by atoms with Gasteiger partial charge in [0.15, 0.2) is 10.9 Å². The molecule has 1 N–H and O–H groups in total. The first-order chi connectivity index (χ1) is 13.1. The van der Waals surface area contributed by atoms with Crippen LogP contribution in [0.2, 0.25) is 0 Å². The molecule has 0 spiro atoms. The molecule has 0 fully saturated rings. The molecular weight excluding hydrogens is 380 g/mol. The molecule has 1 aromatic carbocycles. The van der Waals surface area contributed by atoms with Gasteiger partial charge in [-0.05, 0) is 38.5 Å². The number of nitrogens with zero attached hydrogens (tertiary/aromatic N) is 1. The topological polar surface area (TPSA) is 64.4 Å². The average molecular weight is 399 g/mol.